The highest BCUT2D eigenvalue weighted by Gasteiger charge is 2.07. The second-order valence-electron chi connectivity index (χ2n) is 3.88. The molecule has 108 valence electrons. The Morgan fingerprint density at radius 3 is 2.33 bits per heavy atom. The van der Waals surface area contributed by atoms with Crippen LogP contribution in [0.1, 0.15) is 25.6 Å². The molecule has 1 aromatic heterocycles. The van der Waals surface area contributed by atoms with Crippen molar-refractivity contribution in [2.45, 2.75) is 0 Å². The first kappa shape index (κ1) is 15.4. The smallest absolute Gasteiger partial charge is 0.274 e. The average Bonchev–Trinajstić information content (AvgIpc) is 2.92. The minimum Gasteiger partial charge on any atom is -0.288 e. The third-order valence-electron chi connectivity index (χ3n) is 2.46. The zero-order chi connectivity index (χ0) is 15.2. The van der Waals surface area contributed by atoms with Crippen LogP contribution in [0.25, 0.3) is 0 Å². The van der Waals surface area contributed by atoms with Crippen molar-refractivity contribution in [2.75, 3.05) is 0 Å². The number of hydroxylamine groups is 1. The third kappa shape index (κ3) is 4.22. The highest BCUT2D eigenvalue weighted by atomic mass is 79.9. The van der Waals surface area contributed by atoms with E-state index in [-0.39, 0.29) is 5.56 Å². The van der Waals surface area contributed by atoms with E-state index >= 15 is 0 Å². The molecule has 0 saturated heterocycles. The van der Waals surface area contributed by atoms with Gasteiger partial charge >= 0.3 is 0 Å². The fourth-order valence-electron chi connectivity index (χ4n) is 1.45. The van der Waals surface area contributed by atoms with Crippen LogP contribution in [0.3, 0.4) is 0 Å². The van der Waals surface area contributed by atoms with Crippen molar-refractivity contribution in [3.8, 4) is 0 Å². The summed E-state index contributed by atoms with van der Waals surface area (Å²) in [6.45, 7) is 0. The maximum Gasteiger partial charge on any atom is 0.274 e. The van der Waals surface area contributed by atoms with Gasteiger partial charge in [0.05, 0.1) is 6.21 Å². The van der Waals surface area contributed by atoms with Crippen LogP contribution in [0.4, 0.5) is 0 Å². The van der Waals surface area contributed by atoms with Crippen molar-refractivity contribution in [1.29, 1.82) is 0 Å². The molecule has 21 heavy (non-hydrogen) atoms. The summed E-state index contributed by atoms with van der Waals surface area (Å²) in [4.78, 5) is 23.8. The summed E-state index contributed by atoms with van der Waals surface area (Å²) in [6.07, 6.45) is 1.54. The minimum absolute atomic E-state index is 0.251. The zero-order valence-electron chi connectivity index (χ0n) is 10.5. The van der Waals surface area contributed by atoms with E-state index in [1.807, 2.05) is 11.4 Å². The lowest BCUT2D eigenvalue weighted by Crippen LogP contribution is -2.20. The molecule has 8 heteroatoms. The number of hydrogen-bond acceptors (Lipinski definition) is 5. The van der Waals surface area contributed by atoms with Gasteiger partial charge in [0.15, 0.2) is 0 Å². The Labute approximate surface area is 132 Å². The first-order chi connectivity index (χ1) is 10.1. The first-order valence-electron chi connectivity index (χ1n) is 5.72. The fourth-order valence-corrected chi connectivity index (χ4v) is 2.76. The van der Waals surface area contributed by atoms with Gasteiger partial charge in [0.1, 0.15) is 0 Å². The van der Waals surface area contributed by atoms with E-state index in [4.69, 9.17) is 5.21 Å². The zero-order valence-corrected chi connectivity index (χ0v) is 12.9. The molecule has 6 nitrogen and oxygen atoms in total. The minimum atomic E-state index is -0.636. The number of hydrogen-bond donors (Lipinski definition) is 3. The maximum atomic E-state index is 11.8. The van der Waals surface area contributed by atoms with Gasteiger partial charge in [-0.3, -0.25) is 14.8 Å². The Balaban J connectivity index is 1.97. The standard InChI is InChI=1S/C13H10BrN3O3S/c14-10-5-11(21-7-10)6-15-16-12(18)8-1-3-9(4-2-8)13(19)17-20/h1-7,20H,(H,16,18)(H,17,19)/b15-6+. The van der Waals surface area contributed by atoms with Crippen LogP contribution in [0, 0.1) is 0 Å². The summed E-state index contributed by atoms with van der Waals surface area (Å²) < 4.78 is 0.957. The van der Waals surface area contributed by atoms with Crippen molar-refractivity contribution in [2.24, 2.45) is 5.10 Å². The van der Waals surface area contributed by atoms with Gasteiger partial charge in [-0.2, -0.15) is 5.10 Å². The molecule has 3 N–H and O–H groups in total. The molecule has 2 aromatic rings. The Hall–Kier alpha value is -2.03. The van der Waals surface area contributed by atoms with E-state index in [2.05, 4.69) is 26.5 Å². The number of halogens is 1. The van der Waals surface area contributed by atoms with Crippen LogP contribution in [-0.2, 0) is 0 Å². The number of nitrogens with zero attached hydrogens (tertiary/aromatic N) is 1. The monoisotopic (exact) mass is 367 g/mol. The van der Waals surface area contributed by atoms with Crippen LogP contribution >= 0.6 is 27.3 Å². The summed E-state index contributed by atoms with van der Waals surface area (Å²) in [6, 6.07) is 7.68. The molecule has 0 radical (unpaired) electrons. The van der Waals surface area contributed by atoms with E-state index in [1.165, 1.54) is 41.1 Å². The molecule has 0 aliphatic heterocycles. The van der Waals surface area contributed by atoms with Crippen molar-refractivity contribution in [3.05, 3.63) is 56.2 Å². The maximum absolute atomic E-state index is 11.8. The summed E-state index contributed by atoms with van der Waals surface area (Å²) in [5.74, 6) is -1.03. The van der Waals surface area contributed by atoms with Crippen molar-refractivity contribution in [3.63, 3.8) is 0 Å². The van der Waals surface area contributed by atoms with Crippen LogP contribution in [0.2, 0.25) is 0 Å². The van der Waals surface area contributed by atoms with E-state index in [0.29, 0.717) is 5.56 Å². The molecule has 2 rings (SSSR count). The largest absolute Gasteiger partial charge is 0.288 e. The number of nitrogens with one attached hydrogen (secondary N) is 2. The van der Waals surface area contributed by atoms with E-state index in [0.717, 1.165) is 9.35 Å². The number of amides is 2. The highest BCUT2D eigenvalue weighted by molar-refractivity contribution is 9.10. The molecule has 0 saturated carbocycles. The first-order valence-corrected chi connectivity index (χ1v) is 7.39. The highest BCUT2D eigenvalue weighted by Crippen LogP contribution is 2.17. The predicted octanol–water partition coefficient (Wildman–Crippen LogP) is 2.39. The molecule has 0 unspecified atom stereocenters. The van der Waals surface area contributed by atoms with E-state index in [1.54, 1.807) is 6.21 Å². The van der Waals surface area contributed by atoms with Gasteiger partial charge in [-0.25, -0.2) is 10.9 Å². The molecule has 0 bridgehead atoms. The lowest BCUT2D eigenvalue weighted by atomic mass is 10.1. The van der Waals surface area contributed by atoms with Crippen molar-refractivity contribution < 1.29 is 14.8 Å². The second kappa shape index (κ2) is 7.11. The van der Waals surface area contributed by atoms with E-state index in [9.17, 15) is 9.59 Å². The number of hydrazone groups is 1. The fraction of sp³-hybridized carbons (Fsp3) is 0. The normalized spacial score (nSPS) is 10.6. The van der Waals surface area contributed by atoms with Crippen LogP contribution in [0.15, 0.2) is 45.3 Å². The topological polar surface area (TPSA) is 90.8 Å². The average molecular weight is 368 g/mol. The molecule has 0 spiro atoms. The number of benzene rings is 1. The van der Waals surface area contributed by atoms with E-state index < -0.39 is 11.8 Å². The predicted molar refractivity (Wildman–Crippen MR) is 82.8 cm³/mol. The van der Waals surface area contributed by atoms with Crippen LogP contribution in [0.5, 0.6) is 0 Å². The SMILES string of the molecule is O=C(NO)c1ccc(C(=O)N/N=C/c2cc(Br)cs2)cc1. The molecule has 0 fully saturated rings. The van der Waals surface area contributed by atoms with Gasteiger partial charge in [0.25, 0.3) is 11.8 Å². The number of carbonyl (C=O) groups is 2. The van der Waals surface area contributed by atoms with Gasteiger partial charge < -0.3 is 0 Å². The number of thiophene rings is 1. The summed E-state index contributed by atoms with van der Waals surface area (Å²) >= 11 is 4.81. The van der Waals surface area contributed by atoms with Crippen molar-refractivity contribution >= 4 is 45.3 Å². The molecule has 0 aliphatic carbocycles. The molecule has 1 aromatic carbocycles. The Bertz CT molecular complexity index is 682. The number of rotatable bonds is 4. The molecular weight excluding hydrogens is 358 g/mol. The van der Waals surface area contributed by atoms with Gasteiger partial charge in [-0.1, -0.05) is 0 Å². The van der Waals surface area contributed by atoms with Gasteiger partial charge in [0.2, 0.25) is 0 Å². The summed E-state index contributed by atoms with van der Waals surface area (Å²) in [5, 5.41) is 14.3. The summed E-state index contributed by atoms with van der Waals surface area (Å²) in [5.41, 5.74) is 4.52. The molecular formula is C13H10BrN3O3S. The lowest BCUT2D eigenvalue weighted by molar-refractivity contribution is 0.0706. The Morgan fingerprint density at radius 1 is 1.19 bits per heavy atom. The van der Waals surface area contributed by atoms with Gasteiger partial charge in [0, 0.05) is 25.9 Å². The lowest BCUT2D eigenvalue weighted by Gasteiger charge is -2.01. The molecule has 2 amide bonds. The summed E-state index contributed by atoms with van der Waals surface area (Å²) in [7, 11) is 0. The molecule has 0 atom stereocenters. The van der Waals surface area contributed by atoms with Crippen LogP contribution in [-0.4, -0.2) is 23.2 Å². The second-order valence-corrected chi connectivity index (χ2v) is 5.74. The van der Waals surface area contributed by atoms with Crippen molar-refractivity contribution in [1.82, 2.24) is 10.9 Å². The molecule has 1 heterocycles. The quantitative estimate of drug-likeness (QED) is 0.440. The Morgan fingerprint density at radius 2 is 1.81 bits per heavy atom. The van der Waals surface area contributed by atoms with Gasteiger partial charge in [-0.05, 0) is 46.3 Å². The Kier molecular flexibility index (Phi) is 5.20. The van der Waals surface area contributed by atoms with Gasteiger partial charge in [-0.15, -0.1) is 11.3 Å². The number of carbonyl (C=O) groups excluding carboxylic acids is 2. The molecule has 0 aliphatic rings. The van der Waals surface area contributed by atoms with Crippen LogP contribution < -0.4 is 10.9 Å². The third-order valence-corrected chi connectivity index (χ3v) is 4.08.